The van der Waals surface area contributed by atoms with Gasteiger partial charge in [-0.3, -0.25) is 19.6 Å². The van der Waals surface area contributed by atoms with E-state index in [4.69, 9.17) is 5.73 Å². The normalized spacial score (nSPS) is 14.6. The molecule has 3 rings (SSSR count). The van der Waals surface area contributed by atoms with Gasteiger partial charge in [-0.25, -0.2) is 0 Å². The Morgan fingerprint density at radius 1 is 1.46 bits per heavy atom. The molecule has 4 N–H and O–H groups in total. The molecule has 0 atom stereocenters. The fourth-order valence-electron chi connectivity index (χ4n) is 2.43. The number of pyridine rings is 1. The molecular weight excluding hydrogens is 308 g/mol. The van der Waals surface area contributed by atoms with Gasteiger partial charge in [-0.2, -0.15) is 0 Å². The lowest BCUT2D eigenvalue weighted by atomic mass is 10.1. The SMILES string of the molecule is NCC=CC(=O)N1CC(Nc2cc(-c3cnccn3)c[nH]c2=O)C1. The van der Waals surface area contributed by atoms with Crippen LogP contribution in [0.1, 0.15) is 0 Å². The molecule has 8 nitrogen and oxygen atoms in total. The highest BCUT2D eigenvalue weighted by Crippen LogP contribution is 2.18. The summed E-state index contributed by atoms with van der Waals surface area (Å²) in [6.45, 7) is 1.43. The van der Waals surface area contributed by atoms with Crippen LogP contribution < -0.4 is 16.6 Å². The zero-order valence-electron chi connectivity index (χ0n) is 13.0. The first-order valence-corrected chi connectivity index (χ1v) is 7.58. The minimum Gasteiger partial charge on any atom is -0.374 e. The minimum absolute atomic E-state index is 0.0402. The van der Waals surface area contributed by atoms with Gasteiger partial charge in [0.25, 0.3) is 5.56 Å². The van der Waals surface area contributed by atoms with Crippen molar-refractivity contribution in [2.24, 2.45) is 5.73 Å². The van der Waals surface area contributed by atoms with E-state index in [1.54, 1.807) is 41.8 Å². The molecule has 1 aliphatic rings. The minimum atomic E-state index is -0.213. The van der Waals surface area contributed by atoms with Gasteiger partial charge in [0.05, 0.1) is 17.9 Å². The Morgan fingerprint density at radius 3 is 3.00 bits per heavy atom. The van der Waals surface area contributed by atoms with Gasteiger partial charge >= 0.3 is 0 Å². The van der Waals surface area contributed by atoms with Gasteiger partial charge in [0.2, 0.25) is 5.91 Å². The van der Waals surface area contributed by atoms with E-state index in [1.807, 2.05) is 0 Å². The third kappa shape index (κ3) is 3.49. The predicted octanol–water partition coefficient (Wildman–Crippen LogP) is -0.0305. The van der Waals surface area contributed by atoms with Crippen LogP contribution in [0.2, 0.25) is 0 Å². The number of likely N-dealkylation sites (tertiary alicyclic amines) is 1. The van der Waals surface area contributed by atoms with Crippen molar-refractivity contribution in [2.45, 2.75) is 6.04 Å². The Hall–Kier alpha value is -3.00. The van der Waals surface area contributed by atoms with Crippen molar-refractivity contribution in [1.82, 2.24) is 19.9 Å². The highest BCUT2D eigenvalue weighted by atomic mass is 16.2. The Balaban J connectivity index is 1.66. The monoisotopic (exact) mass is 326 g/mol. The van der Waals surface area contributed by atoms with Gasteiger partial charge in [0.15, 0.2) is 0 Å². The predicted molar refractivity (Wildman–Crippen MR) is 90.3 cm³/mol. The molecule has 0 radical (unpaired) electrons. The Bertz CT molecular complexity index is 796. The van der Waals surface area contributed by atoms with Gasteiger partial charge in [-0.15, -0.1) is 0 Å². The summed E-state index contributed by atoms with van der Waals surface area (Å²) < 4.78 is 0. The first-order chi connectivity index (χ1) is 11.7. The highest BCUT2D eigenvalue weighted by molar-refractivity contribution is 5.88. The number of rotatable bonds is 5. The van der Waals surface area contributed by atoms with Crippen molar-refractivity contribution in [2.75, 3.05) is 25.0 Å². The lowest BCUT2D eigenvalue weighted by molar-refractivity contribution is -0.129. The fourth-order valence-corrected chi connectivity index (χ4v) is 2.43. The number of aromatic amines is 1. The van der Waals surface area contributed by atoms with E-state index in [-0.39, 0.29) is 17.5 Å². The van der Waals surface area contributed by atoms with Gasteiger partial charge in [0.1, 0.15) is 5.69 Å². The number of carbonyl (C=O) groups is 1. The molecule has 1 fully saturated rings. The molecule has 0 aromatic carbocycles. The molecule has 1 saturated heterocycles. The van der Waals surface area contributed by atoms with Gasteiger partial charge in [-0.05, 0) is 6.07 Å². The smallest absolute Gasteiger partial charge is 0.271 e. The fraction of sp³-hybridized carbons (Fsp3) is 0.250. The summed E-state index contributed by atoms with van der Waals surface area (Å²) in [5, 5.41) is 3.16. The lowest BCUT2D eigenvalue weighted by Gasteiger charge is -2.39. The van der Waals surface area contributed by atoms with Crippen LogP contribution in [0.3, 0.4) is 0 Å². The molecule has 1 aliphatic heterocycles. The van der Waals surface area contributed by atoms with E-state index < -0.39 is 0 Å². The number of nitrogens with two attached hydrogens (primary N) is 1. The first kappa shape index (κ1) is 15.9. The first-order valence-electron chi connectivity index (χ1n) is 7.58. The van der Waals surface area contributed by atoms with Crippen LogP contribution in [0, 0.1) is 0 Å². The molecule has 24 heavy (non-hydrogen) atoms. The third-order valence-electron chi connectivity index (χ3n) is 3.71. The summed E-state index contributed by atoms with van der Waals surface area (Å²) >= 11 is 0. The second-order valence-corrected chi connectivity index (χ2v) is 5.44. The Kier molecular flexibility index (Phi) is 4.66. The number of nitrogens with zero attached hydrogens (tertiary/aromatic N) is 3. The van der Waals surface area contributed by atoms with Crippen molar-refractivity contribution in [1.29, 1.82) is 0 Å². The average Bonchev–Trinajstić information content (AvgIpc) is 2.57. The van der Waals surface area contributed by atoms with E-state index >= 15 is 0 Å². The maximum Gasteiger partial charge on any atom is 0.271 e. The number of carbonyl (C=O) groups excluding carboxylic acids is 1. The molecule has 0 unspecified atom stereocenters. The van der Waals surface area contributed by atoms with Gasteiger partial charge in [-0.1, -0.05) is 6.08 Å². The van der Waals surface area contributed by atoms with Gasteiger partial charge in [0, 0.05) is 49.9 Å². The average molecular weight is 326 g/mol. The van der Waals surface area contributed by atoms with Crippen molar-refractivity contribution in [3.05, 3.63) is 53.4 Å². The van der Waals surface area contributed by atoms with Crippen LogP contribution in [0.5, 0.6) is 0 Å². The second kappa shape index (κ2) is 7.05. The molecular formula is C16H18N6O2. The van der Waals surface area contributed by atoms with Crippen LogP contribution in [-0.4, -0.2) is 51.4 Å². The molecule has 3 heterocycles. The van der Waals surface area contributed by atoms with E-state index in [1.165, 1.54) is 6.08 Å². The maximum atomic E-state index is 12.0. The number of anilines is 1. The molecule has 8 heteroatoms. The number of aromatic nitrogens is 3. The molecule has 124 valence electrons. The number of nitrogens with one attached hydrogen (secondary N) is 2. The zero-order valence-corrected chi connectivity index (χ0v) is 13.0. The Labute approximate surface area is 138 Å². The second-order valence-electron chi connectivity index (χ2n) is 5.44. The molecule has 2 aromatic rings. The largest absolute Gasteiger partial charge is 0.374 e. The topological polar surface area (TPSA) is 117 Å². The number of hydrogen-bond donors (Lipinski definition) is 3. The molecule has 0 saturated carbocycles. The third-order valence-corrected chi connectivity index (χ3v) is 3.71. The van der Waals surface area contributed by atoms with Crippen molar-refractivity contribution in [3.63, 3.8) is 0 Å². The summed E-state index contributed by atoms with van der Waals surface area (Å²) in [5.41, 5.74) is 7.01. The summed E-state index contributed by atoms with van der Waals surface area (Å²) in [6.07, 6.45) is 9.51. The van der Waals surface area contributed by atoms with Crippen molar-refractivity contribution < 1.29 is 4.79 Å². The van der Waals surface area contributed by atoms with Crippen LogP contribution in [-0.2, 0) is 4.79 Å². The molecule has 0 spiro atoms. The van der Waals surface area contributed by atoms with Crippen molar-refractivity contribution >= 4 is 11.6 Å². The van der Waals surface area contributed by atoms with E-state index in [9.17, 15) is 9.59 Å². The number of amides is 1. The summed E-state index contributed by atoms with van der Waals surface area (Å²) in [5.74, 6) is -0.0688. The highest BCUT2D eigenvalue weighted by Gasteiger charge is 2.29. The van der Waals surface area contributed by atoms with E-state index in [0.717, 1.165) is 5.56 Å². The standard InChI is InChI=1S/C16H18N6O2/c17-3-1-2-15(23)22-9-12(10-22)21-13-6-11(7-20-16(13)24)14-8-18-4-5-19-14/h1-2,4-8,12,21H,3,9-10,17H2,(H,20,24). The van der Waals surface area contributed by atoms with Gasteiger partial charge < -0.3 is 20.9 Å². The molecule has 0 aliphatic carbocycles. The lowest BCUT2D eigenvalue weighted by Crippen LogP contribution is -2.57. The van der Waals surface area contributed by atoms with E-state index in [0.29, 0.717) is 31.0 Å². The van der Waals surface area contributed by atoms with Crippen LogP contribution in [0.15, 0.2) is 47.8 Å². The summed E-state index contributed by atoms with van der Waals surface area (Å²) in [4.78, 5) is 36.3. The quantitative estimate of drug-likeness (QED) is 0.664. The van der Waals surface area contributed by atoms with Crippen LogP contribution in [0.25, 0.3) is 11.3 Å². The molecule has 0 bridgehead atoms. The van der Waals surface area contributed by atoms with Crippen LogP contribution in [0.4, 0.5) is 5.69 Å². The van der Waals surface area contributed by atoms with E-state index in [2.05, 4.69) is 20.3 Å². The summed E-state index contributed by atoms with van der Waals surface area (Å²) in [7, 11) is 0. The van der Waals surface area contributed by atoms with Crippen LogP contribution >= 0.6 is 0 Å². The maximum absolute atomic E-state index is 12.0. The number of hydrogen-bond acceptors (Lipinski definition) is 6. The summed E-state index contributed by atoms with van der Waals surface area (Å²) in [6, 6.07) is 1.78. The molecule has 2 aromatic heterocycles. The number of H-pyrrole nitrogens is 1. The van der Waals surface area contributed by atoms with Crippen molar-refractivity contribution in [3.8, 4) is 11.3 Å². The Morgan fingerprint density at radius 2 is 2.29 bits per heavy atom. The zero-order chi connectivity index (χ0) is 16.9. The molecule has 1 amide bonds.